The monoisotopic (exact) mass is 555 g/mol. The van der Waals surface area contributed by atoms with Gasteiger partial charge in [-0.1, -0.05) is 37.6 Å². The van der Waals surface area contributed by atoms with E-state index in [1.807, 2.05) is 13.8 Å². The van der Waals surface area contributed by atoms with E-state index >= 15 is 0 Å². The Morgan fingerprint density at radius 3 is 2.35 bits per heavy atom. The van der Waals surface area contributed by atoms with E-state index in [1.54, 1.807) is 24.3 Å². The maximum absolute atomic E-state index is 13.4. The average Bonchev–Trinajstić information content (AvgIpc) is 2.85. The van der Waals surface area contributed by atoms with Gasteiger partial charge in [-0.05, 0) is 55.2 Å². The van der Waals surface area contributed by atoms with Crippen LogP contribution in [-0.4, -0.2) is 57.6 Å². The first-order valence-corrected chi connectivity index (χ1v) is 14.4. The number of amides is 2. The van der Waals surface area contributed by atoms with Gasteiger partial charge in [0.25, 0.3) is 0 Å². The SMILES string of the molecule is CCCNC(=O)[C@H](CC)N(Cc1ccc(F)cc1)C(=O)CCCN(c1ccc(OC)c(Cl)c1)S(C)(=O)=O. The van der Waals surface area contributed by atoms with Crippen LogP contribution in [0.1, 0.15) is 45.1 Å². The molecule has 0 aliphatic rings. The van der Waals surface area contributed by atoms with Gasteiger partial charge in [0.15, 0.2) is 0 Å². The Balaban J connectivity index is 2.21. The van der Waals surface area contributed by atoms with Crippen LogP contribution in [0.15, 0.2) is 42.5 Å². The molecular formula is C26H35ClFN3O5S. The van der Waals surface area contributed by atoms with Gasteiger partial charge in [0.05, 0.1) is 24.1 Å². The van der Waals surface area contributed by atoms with Gasteiger partial charge in [0.2, 0.25) is 21.8 Å². The van der Waals surface area contributed by atoms with Gasteiger partial charge in [0, 0.05) is 26.1 Å². The Labute approximate surface area is 223 Å². The average molecular weight is 556 g/mol. The van der Waals surface area contributed by atoms with Crippen molar-refractivity contribution in [3.8, 4) is 5.75 Å². The molecule has 0 aliphatic carbocycles. The summed E-state index contributed by atoms with van der Waals surface area (Å²) in [5.41, 5.74) is 1.04. The lowest BCUT2D eigenvalue weighted by Gasteiger charge is -2.31. The third-order valence-corrected chi connectivity index (χ3v) is 7.27. The van der Waals surface area contributed by atoms with Gasteiger partial charge in [0.1, 0.15) is 17.6 Å². The number of anilines is 1. The second-order valence-corrected chi connectivity index (χ2v) is 10.9. The van der Waals surface area contributed by atoms with E-state index in [-0.39, 0.29) is 42.8 Å². The zero-order valence-electron chi connectivity index (χ0n) is 21.7. The van der Waals surface area contributed by atoms with Crippen molar-refractivity contribution in [2.24, 2.45) is 0 Å². The lowest BCUT2D eigenvalue weighted by atomic mass is 10.1. The Hall–Kier alpha value is -2.85. The summed E-state index contributed by atoms with van der Waals surface area (Å²) in [5.74, 6) is -0.541. The molecule has 1 N–H and O–H groups in total. The number of sulfonamides is 1. The Morgan fingerprint density at radius 2 is 1.81 bits per heavy atom. The number of ether oxygens (including phenoxy) is 1. The highest BCUT2D eigenvalue weighted by Crippen LogP contribution is 2.30. The fraction of sp³-hybridized carbons (Fsp3) is 0.462. The van der Waals surface area contributed by atoms with Crippen molar-refractivity contribution in [3.63, 3.8) is 0 Å². The van der Waals surface area contributed by atoms with Gasteiger partial charge in [-0.15, -0.1) is 0 Å². The molecule has 1 atom stereocenters. The number of nitrogens with one attached hydrogen (secondary N) is 1. The number of rotatable bonds is 14. The Morgan fingerprint density at radius 1 is 1.14 bits per heavy atom. The molecule has 0 spiro atoms. The summed E-state index contributed by atoms with van der Waals surface area (Å²) >= 11 is 6.18. The number of hydrogen-bond acceptors (Lipinski definition) is 5. The Bertz CT molecular complexity index is 1160. The standard InChI is InChI=1S/C26H35ClFN3O5S/c1-5-15-29-26(33)23(6-2)30(18-19-9-11-20(28)12-10-19)25(32)8-7-16-31(37(4,34)35)21-13-14-24(36-3)22(27)17-21/h9-14,17,23H,5-8,15-16,18H2,1-4H3,(H,29,33)/t23-/m0/s1. The highest BCUT2D eigenvalue weighted by molar-refractivity contribution is 7.92. The van der Waals surface area contributed by atoms with Crippen LogP contribution in [0.5, 0.6) is 5.75 Å². The van der Waals surface area contributed by atoms with Crippen molar-refractivity contribution >= 4 is 39.1 Å². The predicted molar refractivity (Wildman–Crippen MR) is 144 cm³/mol. The summed E-state index contributed by atoms with van der Waals surface area (Å²) in [6.45, 7) is 4.41. The minimum absolute atomic E-state index is 0.00859. The van der Waals surface area contributed by atoms with Crippen molar-refractivity contribution in [1.82, 2.24) is 10.2 Å². The number of halogens is 2. The fourth-order valence-corrected chi connectivity index (χ4v) is 5.10. The smallest absolute Gasteiger partial charge is 0.242 e. The number of carbonyl (C=O) groups excluding carboxylic acids is 2. The quantitative estimate of drug-likeness (QED) is 0.373. The van der Waals surface area contributed by atoms with E-state index in [1.165, 1.54) is 34.5 Å². The zero-order valence-corrected chi connectivity index (χ0v) is 23.2. The largest absolute Gasteiger partial charge is 0.495 e. The van der Waals surface area contributed by atoms with Crippen molar-refractivity contribution in [2.45, 2.75) is 52.1 Å². The van der Waals surface area contributed by atoms with E-state index in [4.69, 9.17) is 16.3 Å². The van der Waals surface area contributed by atoms with E-state index in [9.17, 15) is 22.4 Å². The maximum Gasteiger partial charge on any atom is 0.242 e. The van der Waals surface area contributed by atoms with Gasteiger partial charge >= 0.3 is 0 Å². The highest BCUT2D eigenvalue weighted by Gasteiger charge is 2.28. The van der Waals surface area contributed by atoms with E-state index in [0.717, 1.165) is 12.7 Å². The second-order valence-electron chi connectivity index (χ2n) is 8.62. The molecule has 2 amide bonds. The summed E-state index contributed by atoms with van der Waals surface area (Å²) in [7, 11) is -2.20. The number of hydrogen-bond donors (Lipinski definition) is 1. The first-order chi connectivity index (χ1) is 17.5. The molecule has 0 saturated carbocycles. The molecule has 0 bridgehead atoms. The summed E-state index contributed by atoms with van der Waals surface area (Å²) < 4.78 is 44.7. The first-order valence-electron chi connectivity index (χ1n) is 12.1. The molecular weight excluding hydrogens is 521 g/mol. The fourth-order valence-electron chi connectivity index (χ4n) is 3.89. The number of nitrogens with zero attached hydrogens (tertiary/aromatic N) is 2. The number of methoxy groups -OCH3 is 1. The van der Waals surface area contributed by atoms with Crippen molar-refractivity contribution < 1.29 is 27.1 Å². The van der Waals surface area contributed by atoms with Gasteiger partial charge in [-0.25, -0.2) is 12.8 Å². The summed E-state index contributed by atoms with van der Waals surface area (Å²) in [6, 6.07) is 9.70. The van der Waals surface area contributed by atoms with Gasteiger partial charge < -0.3 is 15.0 Å². The molecule has 2 rings (SSSR count). The van der Waals surface area contributed by atoms with Gasteiger partial charge in [-0.2, -0.15) is 0 Å². The minimum Gasteiger partial charge on any atom is -0.495 e. The second kappa shape index (κ2) is 14.2. The molecule has 0 aliphatic heterocycles. The van der Waals surface area contributed by atoms with E-state index < -0.39 is 21.9 Å². The van der Waals surface area contributed by atoms with Crippen LogP contribution >= 0.6 is 11.6 Å². The molecule has 0 fully saturated rings. The van der Waals surface area contributed by atoms with E-state index in [0.29, 0.717) is 30.0 Å². The minimum atomic E-state index is -3.66. The van der Waals surface area contributed by atoms with Crippen LogP contribution in [0.4, 0.5) is 10.1 Å². The van der Waals surface area contributed by atoms with Gasteiger partial charge in [-0.3, -0.25) is 13.9 Å². The summed E-state index contributed by atoms with van der Waals surface area (Å²) in [5, 5.41) is 3.10. The van der Waals surface area contributed by atoms with Crippen LogP contribution in [0.2, 0.25) is 5.02 Å². The molecule has 0 aromatic heterocycles. The molecule has 2 aromatic carbocycles. The molecule has 2 aromatic rings. The van der Waals surface area contributed by atoms with Crippen molar-refractivity contribution in [3.05, 3.63) is 58.9 Å². The van der Waals surface area contributed by atoms with Crippen LogP contribution in [0.3, 0.4) is 0 Å². The molecule has 0 radical (unpaired) electrons. The molecule has 11 heteroatoms. The molecule has 0 saturated heterocycles. The molecule has 0 heterocycles. The lowest BCUT2D eigenvalue weighted by Crippen LogP contribution is -2.49. The molecule has 8 nitrogen and oxygen atoms in total. The predicted octanol–water partition coefficient (Wildman–Crippen LogP) is 4.37. The van der Waals surface area contributed by atoms with Crippen LogP contribution < -0.4 is 14.4 Å². The Kier molecular flexibility index (Phi) is 11.6. The van der Waals surface area contributed by atoms with Crippen LogP contribution in [0.25, 0.3) is 0 Å². The van der Waals surface area contributed by atoms with Crippen molar-refractivity contribution in [2.75, 3.05) is 30.8 Å². The summed E-state index contributed by atoms with van der Waals surface area (Å²) in [6.07, 6.45) is 2.45. The molecule has 37 heavy (non-hydrogen) atoms. The number of benzene rings is 2. The maximum atomic E-state index is 13.4. The van der Waals surface area contributed by atoms with Crippen molar-refractivity contribution in [1.29, 1.82) is 0 Å². The summed E-state index contributed by atoms with van der Waals surface area (Å²) in [4.78, 5) is 27.7. The van der Waals surface area contributed by atoms with Crippen LogP contribution in [-0.2, 0) is 26.2 Å². The third kappa shape index (κ3) is 8.89. The lowest BCUT2D eigenvalue weighted by molar-refractivity contribution is -0.141. The topological polar surface area (TPSA) is 96.0 Å². The first kappa shape index (κ1) is 30.4. The normalized spacial score (nSPS) is 12.1. The van der Waals surface area contributed by atoms with Crippen LogP contribution in [0, 0.1) is 5.82 Å². The zero-order chi connectivity index (χ0) is 27.6. The number of carbonyl (C=O) groups is 2. The third-order valence-electron chi connectivity index (χ3n) is 5.78. The molecule has 204 valence electrons. The molecule has 0 unspecified atom stereocenters. The van der Waals surface area contributed by atoms with E-state index in [2.05, 4.69) is 5.32 Å². The highest BCUT2D eigenvalue weighted by atomic mass is 35.5.